The molecule has 0 aliphatic carbocycles. The fourth-order valence-corrected chi connectivity index (χ4v) is 2.34. The molecule has 1 aromatic rings. The smallest absolute Gasteiger partial charge is 0.355 e. The molecule has 2 N–H and O–H groups in total. The highest BCUT2D eigenvalue weighted by molar-refractivity contribution is 7.98. The van der Waals surface area contributed by atoms with Gasteiger partial charge in [0.1, 0.15) is 5.01 Å². The number of hydrogen-bond donors (Lipinski definition) is 2. The Kier molecular flexibility index (Phi) is 5.43. The van der Waals surface area contributed by atoms with Gasteiger partial charge < -0.3 is 10.4 Å². The van der Waals surface area contributed by atoms with Crippen LogP contribution in [-0.2, 0) is 4.79 Å². The van der Waals surface area contributed by atoms with Crippen LogP contribution in [-0.4, -0.2) is 34.0 Å². The second kappa shape index (κ2) is 6.61. The molecule has 0 radical (unpaired) electrons. The Labute approximate surface area is 108 Å². The van der Waals surface area contributed by atoms with Gasteiger partial charge in [-0.25, -0.2) is 9.78 Å². The van der Waals surface area contributed by atoms with Crippen molar-refractivity contribution in [3.05, 3.63) is 16.1 Å². The Bertz CT molecular complexity index is 406. The van der Waals surface area contributed by atoms with Gasteiger partial charge in [0.05, 0.1) is 6.04 Å². The first-order chi connectivity index (χ1) is 8.04. The summed E-state index contributed by atoms with van der Waals surface area (Å²) >= 11 is 2.85. The van der Waals surface area contributed by atoms with Crippen LogP contribution in [0.25, 0.3) is 0 Å². The quantitative estimate of drug-likeness (QED) is 0.826. The minimum Gasteiger partial charge on any atom is -0.476 e. The largest absolute Gasteiger partial charge is 0.476 e. The zero-order valence-electron chi connectivity index (χ0n) is 9.60. The van der Waals surface area contributed by atoms with Gasteiger partial charge in [-0.05, 0) is 13.2 Å². The number of aromatic nitrogens is 1. The number of aromatic carboxylic acids is 1. The molecule has 0 aliphatic rings. The number of carboxylic acids is 1. The Morgan fingerprint density at radius 2 is 2.35 bits per heavy atom. The third kappa shape index (κ3) is 4.35. The topological polar surface area (TPSA) is 79.3 Å². The van der Waals surface area contributed by atoms with E-state index in [0.717, 1.165) is 5.75 Å². The standard InChI is InChI=1S/C10H14N2O3S2/c1-6(11-8(13)3-4-16-2)9-12-7(5-17-9)10(14)15/h5-6H,3-4H2,1-2H3,(H,11,13)(H,14,15). The monoisotopic (exact) mass is 274 g/mol. The number of carbonyl (C=O) groups excluding carboxylic acids is 1. The lowest BCUT2D eigenvalue weighted by atomic mass is 10.3. The van der Waals surface area contributed by atoms with Crippen molar-refractivity contribution in [3.8, 4) is 0 Å². The number of carboxylic acid groups (broad SMARTS) is 1. The van der Waals surface area contributed by atoms with E-state index in [2.05, 4.69) is 10.3 Å². The summed E-state index contributed by atoms with van der Waals surface area (Å²) in [6, 6.07) is -0.248. The maximum atomic E-state index is 11.5. The van der Waals surface area contributed by atoms with Crippen LogP contribution in [0.4, 0.5) is 0 Å². The van der Waals surface area contributed by atoms with E-state index in [0.29, 0.717) is 11.4 Å². The molecule has 1 rings (SSSR count). The summed E-state index contributed by atoms with van der Waals surface area (Å²) in [5, 5.41) is 13.6. The maximum Gasteiger partial charge on any atom is 0.355 e. The molecule has 5 nitrogen and oxygen atoms in total. The van der Waals surface area contributed by atoms with Gasteiger partial charge >= 0.3 is 5.97 Å². The molecule has 0 saturated heterocycles. The van der Waals surface area contributed by atoms with Crippen molar-refractivity contribution >= 4 is 35.0 Å². The fraction of sp³-hybridized carbons (Fsp3) is 0.500. The van der Waals surface area contributed by atoms with E-state index in [4.69, 9.17) is 5.11 Å². The Morgan fingerprint density at radius 3 is 2.88 bits per heavy atom. The van der Waals surface area contributed by atoms with Crippen LogP contribution in [0, 0.1) is 0 Å². The summed E-state index contributed by atoms with van der Waals surface area (Å²) in [6.45, 7) is 1.79. The number of amides is 1. The summed E-state index contributed by atoms with van der Waals surface area (Å²) in [4.78, 5) is 26.1. The van der Waals surface area contributed by atoms with E-state index >= 15 is 0 Å². The van der Waals surface area contributed by atoms with Crippen molar-refractivity contribution in [1.29, 1.82) is 0 Å². The summed E-state index contributed by atoms with van der Waals surface area (Å²) in [7, 11) is 0. The van der Waals surface area contributed by atoms with Crippen LogP contribution in [0.1, 0.15) is 34.9 Å². The van der Waals surface area contributed by atoms with Crippen molar-refractivity contribution in [3.63, 3.8) is 0 Å². The first-order valence-corrected chi connectivity index (χ1v) is 7.29. The molecule has 0 bridgehead atoms. The number of hydrogen-bond acceptors (Lipinski definition) is 5. The molecular weight excluding hydrogens is 260 g/mol. The molecule has 1 heterocycles. The molecule has 0 fully saturated rings. The predicted octanol–water partition coefficient (Wildman–Crippen LogP) is 1.77. The van der Waals surface area contributed by atoms with Gasteiger partial charge in [-0.3, -0.25) is 4.79 Å². The van der Waals surface area contributed by atoms with E-state index in [1.165, 1.54) is 16.7 Å². The molecule has 1 atom stereocenters. The van der Waals surface area contributed by atoms with Gasteiger partial charge in [0.25, 0.3) is 0 Å². The van der Waals surface area contributed by atoms with Gasteiger partial charge in [0, 0.05) is 17.6 Å². The van der Waals surface area contributed by atoms with E-state index in [1.54, 1.807) is 18.7 Å². The first kappa shape index (κ1) is 14.0. The van der Waals surface area contributed by atoms with Crippen LogP contribution < -0.4 is 5.32 Å². The van der Waals surface area contributed by atoms with Crippen molar-refractivity contribution in [2.45, 2.75) is 19.4 Å². The predicted molar refractivity (Wildman–Crippen MR) is 68.6 cm³/mol. The molecule has 0 aliphatic heterocycles. The maximum absolute atomic E-state index is 11.5. The molecule has 7 heteroatoms. The Morgan fingerprint density at radius 1 is 1.65 bits per heavy atom. The summed E-state index contributed by atoms with van der Waals surface area (Å²) in [5.41, 5.74) is 0.0233. The Balaban J connectivity index is 2.54. The third-order valence-corrected chi connectivity index (χ3v) is 3.66. The molecular formula is C10H14N2O3S2. The van der Waals surface area contributed by atoms with Crippen LogP contribution in [0.3, 0.4) is 0 Å². The number of rotatable bonds is 6. The number of carbonyl (C=O) groups is 2. The average Bonchev–Trinajstić information content (AvgIpc) is 2.75. The van der Waals surface area contributed by atoms with Crippen molar-refractivity contribution < 1.29 is 14.7 Å². The lowest BCUT2D eigenvalue weighted by Crippen LogP contribution is -2.26. The van der Waals surface area contributed by atoms with Crippen LogP contribution in [0.15, 0.2) is 5.38 Å². The second-order valence-corrected chi connectivity index (χ2v) is 5.28. The van der Waals surface area contributed by atoms with E-state index in [9.17, 15) is 9.59 Å². The van der Waals surface area contributed by atoms with Crippen molar-refractivity contribution in [1.82, 2.24) is 10.3 Å². The molecule has 1 amide bonds. The van der Waals surface area contributed by atoms with Crippen molar-refractivity contribution in [2.75, 3.05) is 12.0 Å². The van der Waals surface area contributed by atoms with Crippen LogP contribution >= 0.6 is 23.1 Å². The number of thioether (sulfide) groups is 1. The highest BCUT2D eigenvalue weighted by Crippen LogP contribution is 2.18. The first-order valence-electron chi connectivity index (χ1n) is 5.01. The van der Waals surface area contributed by atoms with E-state index in [-0.39, 0.29) is 17.6 Å². The van der Waals surface area contributed by atoms with Gasteiger partial charge in [-0.1, -0.05) is 0 Å². The molecule has 0 spiro atoms. The minimum absolute atomic E-state index is 0.0233. The zero-order valence-corrected chi connectivity index (χ0v) is 11.2. The molecule has 0 aromatic carbocycles. The highest BCUT2D eigenvalue weighted by atomic mass is 32.2. The van der Waals surface area contributed by atoms with Crippen LogP contribution in [0.2, 0.25) is 0 Å². The lowest BCUT2D eigenvalue weighted by molar-refractivity contribution is -0.121. The molecule has 0 saturated carbocycles. The van der Waals surface area contributed by atoms with Gasteiger partial charge in [-0.2, -0.15) is 11.8 Å². The van der Waals surface area contributed by atoms with Crippen molar-refractivity contribution in [2.24, 2.45) is 0 Å². The SMILES string of the molecule is CSCCC(=O)NC(C)c1nc(C(=O)O)cs1. The molecule has 94 valence electrons. The summed E-state index contributed by atoms with van der Waals surface area (Å²) in [6.07, 6.45) is 2.40. The van der Waals surface area contributed by atoms with Gasteiger partial charge in [0.2, 0.25) is 5.91 Å². The number of nitrogens with one attached hydrogen (secondary N) is 1. The lowest BCUT2D eigenvalue weighted by Gasteiger charge is -2.10. The van der Waals surface area contributed by atoms with E-state index < -0.39 is 5.97 Å². The Hall–Kier alpha value is -1.08. The highest BCUT2D eigenvalue weighted by Gasteiger charge is 2.15. The summed E-state index contributed by atoms with van der Waals surface area (Å²) in [5.74, 6) is -0.316. The van der Waals surface area contributed by atoms with Gasteiger partial charge in [-0.15, -0.1) is 11.3 Å². The molecule has 1 aromatic heterocycles. The second-order valence-electron chi connectivity index (χ2n) is 3.41. The molecule has 17 heavy (non-hydrogen) atoms. The van der Waals surface area contributed by atoms with Crippen LogP contribution in [0.5, 0.6) is 0 Å². The average molecular weight is 274 g/mol. The third-order valence-electron chi connectivity index (χ3n) is 2.02. The van der Waals surface area contributed by atoms with E-state index in [1.807, 2.05) is 6.26 Å². The normalized spacial score (nSPS) is 12.1. The zero-order chi connectivity index (χ0) is 12.8. The number of thiazole rings is 1. The fourth-order valence-electron chi connectivity index (χ4n) is 1.15. The minimum atomic E-state index is -1.05. The summed E-state index contributed by atoms with van der Waals surface area (Å²) < 4.78 is 0. The molecule has 1 unspecified atom stereocenters. The van der Waals surface area contributed by atoms with Gasteiger partial charge in [0.15, 0.2) is 5.69 Å². The number of nitrogens with zero attached hydrogens (tertiary/aromatic N) is 1.